The van der Waals surface area contributed by atoms with Crippen LogP contribution in [0.25, 0.3) is 22.2 Å². The molecule has 1 N–H and O–H groups in total. The molecule has 3 aromatic carbocycles. The molecular weight excluding hydrogens is 449 g/mol. The van der Waals surface area contributed by atoms with Gasteiger partial charge >= 0.3 is 6.18 Å². The lowest BCUT2D eigenvalue weighted by Gasteiger charge is -2.29. The number of hydrogen-bond acceptors (Lipinski definition) is 3. The fraction of sp³-hybridized carbons (Fsp3) is 0.321. The Labute approximate surface area is 203 Å². The number of alkyl halides is 3. The molecule has 0 bridgehead atoms. The summed E-state index contributed by atoms with van der Waals surface area (Å²) in [4.78, 5) is 7.41. The number of rotatable bonds is 5. The van der Waals surface area contributed by atoms with Crippen LogP contribution < -0.4 is 10.2 Å². The monoisotopic (exact) mass is 478 g/mol. The number of nitrogens with one attached hydrogen (secondary N) is 1. The Morgan fingerprint density at radius 3 is 2.26 bits per heavy atom. The number of hydrogen-bond donors (Lipinski definition) is 1. The van der Waals surface area contributed by atoms with Gasteiger partial charge < -0.3 is 14.8 Å². The van der Waals surface area contributed by atoms with E-state index >= 15 is 0 Å². The van der Waals surface area contributed by atoms with Crippen molar-refractivity contribution in [2.75, 3.05) is 31.1 Å². The number of aromatic nitrogens is 2. The van der Waals surface area contributed by atoms with Crippen molar-refractivity contribution < 1.29 is 13.2 Å². The van der Waals surface area contributed by atoms with Crippen LogP contribution in [0.2, 0.25) is 0 Å². The molecule has 1 aliphatic rings. The van der Waals surface area contributed by atoms with E-state index in [-0.39, 0.29) is 0 Å². The van der Waals surface area contributed by atoms with E-state index in [9.17, 15) is 13.2 Å². The number of anilines is 1. The molecular formula is C28H29F3N4. The molecule has 0 atom stereocenters. The van der Waals surface area contributed by atoms with Crippen LogP contribution in [-0.2, 0) is 12.7 Å². The van der Waals surface area contributed by atoms with Crippen LogP contribution in [0.5, 0.6) is 0 Å². The summed E-state index contributed by atoms with van der Waals surface area (Å²) in [6.45, 7) is 8.22. The van der Waals surface area contributed by atoms with E-state index in [1.807, 2.05) is 6.07 Å². The summed E-state index contributed by atoms with van der Waals surface area (Å²) in [7, 11) is 0. The average Bonchev–Trinajstić information content (AvgIpc) is 3.23. The van der Waals surface area contributed by atoms with Gasteiger partial charge in [0.25, 0.3) is 0 Å². The van der Waals surface area contributed by atoms with Gasteiger partial charge in [-0.15, -0.1) is 0 Å². The molecule has 182 valence electrons. The summed E-state index contributed by atoms with van der Waals surface area (Å²) >= 11 is 0. The maximum atomic E-state index is 13.1. The van der Waals surface area contributed by atoms with Crippen molar-refractivity contribution in [1.29, 1.82) is 0 Å². The van der Waals surface area contributed by atoms with E-state index in [2.05, 4.69) is 65.0 Å². The van der Waals surface area contributed by atoms with Gasteiger partial charge in [-0.05, 0) is 40.8 Å². The molecule has 0 amide bonds. The van der Waals surface area contributed by atoms with Gasteiger partial charge in [0.2, 0.25) is 5.95 Å². The molecule has 0 aliphatic carbocycles. The summed E-state index contributed by atoms with van der Waals surface area (Å²) in [6.07, 6.45) is -4.34. The van der Waals surface area contributed by atoms with Crippen molar-refractivity contribution in [2.45, 2.75) is 32.5 Å². The first-order valence-electron chi connectivity index (χ1n) is 12.0. The fourth-order valence-electron chi connectivity index (χ4n) is 4.84. The topological polar surface area (TPSA) is 33.1 Å². The Morgan fingerprint density at radius 2 is 1.57 bits per heavy atom. The normalized spacial score (nSPS) is 14.7. The number of nitrogens with zero attached hydrogens (tertiary/aromatic N) is 3. The summed E-state index contributed by atoms with van der Waals surface area (Å²) in [6, 6.07) is 20.1. The Morgan fingerprint density at radius 1 is 0.886 bits per heavy atom. The van der Waals surface area contributed by atoms with Gasteiger partial charge in [-0.25, -0.2) is 4.98 Å². The Hall–Kier alpha value is -3.32. The highest BCUT2D eigenvalue weighted by Crippen LogP contribution is 2.36. The molecule has 1 aliphatic heterocycles. The second-order valence-corrected chi connectivity index (χ2v) is 9.34. The van der Waals surface area contributed by atoms with Crippen LogP contribution in [0, 0.1) is 0 Å². The molecule has 0 spiro atoms. The molecule has 35 heavy (non-hydrogen) atoms. The molecule has 0 unspecified atom stereocenters. The van der Waals surface area contributed by atoms with Crippen LogP contribution in [-0.4, -0.2) is 35.7 Å². The lowest BCUT2D eigenvalue weighted by atomic mass is 9.92. The first-order chi connectivity index (χ1) is 16.8. The molecule has 1 fully saturated rings. The maximum Gasteiger partial charge on any atom is 0.416 e. The molecule has 4 nitrogen and oxygen atoms in total. The van der Waals surface area contributed by atoms with E-state index in [1.165, 1.54) is 11.1 Å². The number of halogens is 3. The van der Waals surface area contributed by atoms with Crippen LogP contribution >= 0.6 is 0 Å². The molecule has 4 aromatic rings. The van der Waals surface area contributed by atoms with Gasteiger partial charge in [0.05, 0.1) is 23.1 Å². The lowest BCUT2D eigenvalue weighted by molar-refractivity contribution is -0.137. The minimum absolute atomic E-state index is 0.364. The van der Waals surface area contributed by atoms with Crippen molar-refractivity contribution in [1.82, 2.24) is 14.9 Å². The second kappa shape index (κ2) is 9.38. The van der Waals surface area contributed by atoms with Gasteiger partial charge in [-0.1, -0.05) is 62.4 Å². The summed E-state index contributed by atoms with van der Waals surface area (Å²) in [5.74, 6) is 1.22. The third kappa shape index (κ3) is 4.65. The van der Waals surface area contributed by atoms with Crippen molar-refractivity contribution >= 4 is 17.0 Å². The van der Waals surface area contributed by atoms with Crippen molar-refractivity contribution in [3.8, 4) is 11.1 Å². The highest BCUT2D eigenvalue weighted by molar-refractivity contribution is 5.94. The summed E-state index contributed by atoms with van der Waals surface area (Å²) < 4.78 is 41.4. The van der Waals surface area contributed by atoms with Crippen molar-refractivity contribution in [3.63, 3.8) is 0 Å². The number of imidazole rings is 1. The second-order valence-electron chi connectivity index (χ2n) is 9.34. The third-order valence-corrected chi connectivity index (χ3v) is 6.65. The standard InChI is InChI=1S/C28H29F3N4/c1-19(2)22-6-3-4-7-23(22)24-8-5-9-25-26(24)33-27(34-16-14-32-15-17-34)35(25)18-20-10-12-21(13-11-20)28(29,30)31/h3-13,19,32H,14-18H2,1-2H3. The molecule has 2 heterocycles. The third-order valence-electron chi connectivity index (χ3n) is 6.65. The molecule has 1 aromatic heterocycles. The first kappa shape index (κ1) is 23.4. The zero-order chi connectivity index (χ0) is 24.6. The van der Waals surface area contributed by atoms with Gasteiger partial charge in [-0.3, -0.25) is 0 Å². The lowest BCUT2D eigenvalue weighted by Crippen LogP contribution is -2.44. The van der Waals surface area contributed by atoms with Crippen molar-refractivity contribution in [2.24, 2.45) is 0 Å². The van der Waals surface area contributed by atoms with Gasteiger partial charge in [-0.2, -0.15) is 13.2 Å². The van der Waals surface area contributed by atoms with Gasteiger partial charge in [0.1, 0.15) is 0 Å². The zero-order valence-corrected chi connectivity index (χ0v) is 19.9. The van der Waals surface area contributed by atoms with Crippen LogP contribution in [0.1, 0.15) is 36.5 Å². The number of para-hydroxylation sites is 1. The summed E-state index contributed by atoms with van der Waals surface area (Å²) in [5.41, 5.74) is 5.58. The van der Waals surface area contributed by atoms with E-state index in [0.29, 0.717) is 12.5 Å². The SMILES string of the molecule is CC(C)c1ccccc1-c1cccc2c1nc(N1CCNCC1)n2Cc1ccc(C(F)(F)F)cc1. The Bertz CT molecular complexity index is 1320. The van der Waals surface area contributed by atoms with E-state index in [0.717, 1.165) is 66.4 Å². The van der Waals surface area contributed by atoms with Gasteiger partial charge in [0.15, 0.2) is 0 Å². The van der Waals surface area contributed by atoms with Crippen LogP contribution in [0.4, 0.5) is 19.1 Å². The summed E-state index contributed by atoms with van der Waals surface area (Å²) in [5, 5.41) is 3.38. The molecule has 0 radical (unpaired) electrons. The molecule has 0 saturated carbocycles. The zero-order valence-electron chi connectivity index (χ0n) is 19.9. The smallest absolute Gasteiger partial charge is 0.340 e. The van der Waals surface area contributed by atoms with Gasteiger partial charge in [0, 0.05) is 31.7 Å². The Balaban J connectivity index is 1.64. The van der Waals surface area contributed by atoms with Crippen molar-refractivity contribution in [3.05, 3.63) is 83.4 Å². The molecule has 5 rings (SSSR count). The quantitative estimate of drug-likeness (QED) is 0.365. The number of piperazine rings is 1. The van der Waals surface area contributed by atoms with E-state index < -0.39 is 11.7 Å². The number of benzene rings is 3. The molecule has 7 heteroatoms. The largest absolute Gasteiger partial charge is 0.416 e. The average molecular weight is 479 g/mol. The highest BCUT2D eigenvalue weighted by Gasteiger charge is 2.30. The first-order valence-corrected chi connectivity index (χ1v) is 12.0. The predicted molar refractivity (Wildman–Crippen MR) is 135 cm³/mol. The number of fused-ring (bicyclic) bond motifs is 1. The minimum Gasteiger partial charge on any atom is -0.340 e. The van der Waals surface area contributed by atoms with Crippen LogP contribution in [0.3, 0.4) is 0 Å². The maximum absolute atomic E-state index is 13.1. The van der Waals surface area contributed by atoms with Crippen LogP contribution in [0.15, 0.2) is 66.7 Å². The fourth-order valence-corrected chi connectivity index (χ4v) is 4.84. The predicted octanol–water partition coefficient (Wildman–Crippen LogP) is 6.30. The Kier molecular flexibility index (Phi) is 6.28. The minimum atomic E-state index is -4.34. The molecule has 1 saturated heterocycles. The van der Waals surface area contributed by atoms with E-state index in [1.54, 1.807) is 12.1 Å². The van der Waals surface area contributed by atoms with E-state index in [4.69, 9.17) is 4.98 Å². The highest BCUT2D eigenvalue weighted by atomic mass is 19.4.